The van der Waals surface area contributed by atoms with Crippen LogP contribution in [0.1, 0.15) is 23.7 Å². The van der Waals surface area contributed by atoms with E-state index in [9.17, 15) is 18.4 Å². The van der Waals surface area contributed by atoms with Crippen molar-refractivity contribution in [1.82, 2.24) is 0 Å². The van der Waals surface area contributed by atoms with Gasteiger partial charge in [-0.1, -0.05) is 12.1 Å². The molecule has 5 nitrogen and oxygen atoms in total. The number of carbonyl (C=O) groups excluding carboxylic acids is 2. The minimum atomic E-state index is -1.03. The lowest BCUT2D eigenvalue weighted by molar-refractivity contribution is -0.115. The first-order chi connectivity index (χ1) is 12.0. The number of halogens is 2. The van der Waals surface area contributed by atoms with E-state index in [2.05, 4.69) is 10.6 Å². The highest BCUT2D eigenvalue weighted by Gasteiger charge is 2.12. The Hall–Kier alpha value is -2.96. The van der Waals surface area contributed by atoms with Gasteiger partial charge in [-0.2, -0.15) is 0 Å². The van der Waals surface area contributed by atoms with Crippen molar-refractivity contribution in [3.63, 3.8) is 0 Å². The van der Waals surface area contributed by atoms with Crippen molar-refractivity contribution in [2.24, 2.45) is 0 Å². The van der Waals surface area contributed by atoms with Crippen LogP contribution in [-0.4, -0.2) is 25.0 Å². The summed E-state index contributed by atoms with van der Waals surface area (Å²) in [6.45, 7) is 2.24. The first-order valence-electron chi connectivity index (χ1n) is 7.76. The highest BCUT2D eigenvalue weighted by atomic mass is 19.2. The summed E-state index contributed by atoms with van der Waals surface area (Å²) in [5, 5.41) is 5.47. The van der Waals surface area contributed by atoms with Crippen molar-refractivity contribution in [1.29, 1.82) is 0 Å². The molecule has 0 aliphatic rings. The maximum absolute atomic E-state index is 13.1. The second-order valence-corrected chi connectivity index (χ2v) is 5.12. The summed E-state index contributed by atoms with van der Waals surface area (Å²) in [5.41, 5.74) is 1.11. The molecule has 0 unspecified atom stereocenters. The van der Waals surface area contributed by atoms with Crippen LogP contribution < -0.4 is 10.6 Å². The number of hydrogen-bond donors (Lipinski definition) is 2. The van der Waals surface area contributed by atoms with Crippen molar-refractivity contribution >= 4 is 23.3 Å². The topological polar surface area (TPSA) is 67.4 Å². The average molecular weight is 348 g/mol. The normalized spacial score (nSPS) is 10.2. The van der Waals surface area contributed by atoms with E-state index < -0.39 is 17.6 Å². The van der Waals surface area contributed by atoms with Crippen LogP contribution in [0.3, 0.4) is 0 Å². The van der Waals surface area contributed by atoms with Gasteiger partial charge in [0.2, 0.25) is 5.91 Å². The first kappa shape index (κ1) is 18.4. The fraction of sp³-hybridized carbons (Fsp3) is 0.222. The van der Waals surface area contributed by atoms with E-state index in [-0.39, 0.29) is 31.2 Å². The standard InChI is InChI=1S/C18H18F2N2O3/c1-2-25-18(24)13-5-3-4-6-16(13)21-10-9-17(23)22-12-7-8-14(19)15(20)11-12/h3-8,11,21H,2,9-10H2,1H3,(H,22,23). The maximum Gasteiger partial charge on any atom is 0.340 e. The van der Waals surface area contributed by atoms with Gasteiger partial charge in [0, 0.05) is 30.4 Å². The van der Waals surface area contributed by atoms with Gasteiger partial charge in [-0.25, -0.2) is 13.6 Å². The van der Waals surface area contributed by atoms with Crippen molar-refractivity contribution < 1.29 is 23.1 Å². The molecule has 2 aromatic rings. The fourth-order valence-electron chi connectivity index (χ4n) is 2.13. The van der Waals surface area contributed by atoms with E-state index in [0.29, 0.717) is 11.3 Å². The van der Waals surface area contributed by atoms with Gasteiger partial charge in [0.1, 0.15) is 0 Å². The molecule has 0 atom stereocenters. The molecule has 0 aliphatic carbocycles. The molecule has 7 heteroatoms. The lowest BCUT2D eigenvalue weighted by Crippen LogP contribution is -2.17. The van der Waals surface area contributed by atoms with Crippen LogP contribution in [0.5, 0.6) is 0 Å². The molecule has 0 saturated heterocycles. The Morgan fingerprint density at radius 1 is 1.08 bits per heavy atom. The summed E-state index contributed by atoms with van der Waals surface area (Å²) < 4.78 is 30.9. The fourth-order valence-corrected chi connectivity index (χ4v) is 2.13. The summed E-state index contributed by atoms with van der Waals surface area (Å²) in [5.74, 6) is -2.82. The lowest BCUT2D eigenvalue weighted by atomic mass is 10.1. The van der Waals surface area contributed by atoms with Crippen molar-refractivity contribution in [3.8, 4) is 0 Å². The smallest absolute Gasteiger partial charge is 0.340 e. The second kappa shape index (κ2) is 8.77. The summed E-state index contributed by atoms with van der Waals surface area (Å²) in [6.07, 6.45) is 0.0795. The van der Waals surface area contributed by atoms with Crippen molar-refractivity contribution in [3.05, 3.63) is 59.7 Å². The Morgan fingerprint density at radius 2 is 1.84 bits per heavy atom. The molecule has 0 bridgehead atoms. The Bertz CT molecular complexity index is 766. The summed E-state index contributed by atoms with van der Waals surface area (Å²) >= 11 is 0. The zero-order valence-corrected chi connectivity index (χ0v) is 13.6. The monoisotopic (exact) mass is 348 g/mol. The predicted octanol–water partition coefficient (Wildman–Crippen LogP) is 3.58. The zero-order chi connectivity index (χ0) is 18.2. The molecule has 0 fully saturated rings. The van der Waals surface area contributed by atoms with Gasteiger partial charge in [-0.3, -0.25) is 4.79 Å². The maximum atomic E-state index is 13.1. The number of carbonyl (C=O) groups is 2. The third-order valence-corrected chi connectivity index (χ3v) is 3.29. The first-order valence-corrected chi connectivity index (χ1v) is 7.76. The number of benzene rings is 2. The Balaban J connectivity index is 1.89. The molecule has 132 valence electrons. The molecule has 0 saturated carbocycles. The number of rotatable bonds is 7. The molecule has 0 radical (unpaired) electrons. The van der Waals surface area contributed by atoms with Crippen LogP contribution in [-0.2, 0) is 9.53 Å². The number of amides is 1. The van der Waals surface area contributed by atoms with E-state index in [1.165, 1.54) is 6.07 Å². The van der Waals surface area contributed by atoms with Crippen molar-refractivity contribution in [2.45, 2.75) is 13.3 Å². The predicted molar refractivity (Wildman–Crippen MR) is 90.5 cm³/mol. The van der Waals surface area contributed by atoms with Gasteiger partial charge >= 0.3 is 5.97 Å². The average Bonchev–Trinajstić information content (AvgIpc) is 2.59. The molecule has 0 aliphatic heterocycles. The summed E-state index contributed by atoms with van der Waals surface area (Å²) in [7, 11) is 0. The van der Waals surface area contributed by atoms with Gasteiger partial charge in [-0.15, -0.1) is 0 Å². The molecule has 1 amide bonds. The van der Waals surface area contributed by atoms with Crippen LogP contribution in [0.4, 0.5) is 20.2 Å². The molecular formula is C18H18F2N2O3. The molecule has 2 rings (SSSR count). The zero-order valence-electron chi connectivity index (χ0n) is 13.6. The van der Waals surface area contributed by atoms with Crippen LogP contribution in [0, 0.1) is 11.6 Å². The molecule has 2 aromatic carbocycles. The van der Waals surface area contributed by atoms with Gasteiger partial charge < -0.3 is 15.4 Å². The molecule has 0 heterocycles. The summed E-state index contributed by atoms with van der Waals surface area (Å²) in [4.78, 5) is 23.7. The number of esters is 1. The number of nitrogens with one attached hydrogen (secondary N) is 2. The largest absolute Gasteiger partial charge is 0.462 e. The minimum Gasteiger partial charge on any atom is -0.462 e. The van der Waals surface area contributed by atoms with Gasteiger partial charge in [0.05, 0.1) is 12.2 Å². The molecule has 2 N–H and O–H groups in total. The Morgan fingerprint density at radius 3 is 2.56 bits per heavy atom. The van der Waals surface area contributed by atoms with Gasteiger partial charge in [0.25, 0.3) is 0 Å². The third-order valence-electron chi connectivity index (χ3n) is 3.29. The highest BCUT2D eigenvalue weighted by molar-refractivity contribution is 5.96. The Labute approximate surface area is 144 Å². The SMILES string of the molecule is CCOC(=O)c1ccccc1NCCC(=O)Nc1ccc(F)c(F)c1. The summed E-state index contributed by atoms with van der Waals surface area (Å²) in [6, 6.07) is 9.94. The molecular weight excluding hydrogens is 330 g/mol. The Kier molecular flexibility index (Phi) is 6.45. The highest BCUT2D eigenvalue weighted by Crippen LogP contribution is 2.17. The second-order valence-electron chi connectivity index (χ2n) is 5.12. The van der Waals surface area contributed by atoms with E-state index in [4.69, 9.17) is 4.74 Å². The third kappa shape index (κ3) is 5.27. The van der Waals surface area contributed by atoms with Crippen LogP contribution >= 0.6 is 0 Å². The number of para-hydroxylation sites is 1. The van der Waals surface area contributed by atoms with E-state index in [1.807, 2.05) is 0 Å². The quantitative estimate of drug-likeness (QED) is 0.751. The van der Waals surface area contributed by atoms with Crippen molar-refractivity contribution in [2.75, 3.05) is 23.8 Å². The van der Waals surface area contributed by atoms with E-state index in [1.54, 1.807) is 31.2 Å². The number of ether oxygens (including phenoxy) is 1. The van der Waals surface area contributed by atoms with Crippen LogP contribution in [0.2, 0.25) is 0 Å². The van der Waals surface area contributed by atoms with Crippen LogP contribution in [0.15, 0.2) is 42.5 Å². The minimum absolute atomic E-state index is 0.0795. The molecule has 0 spiro atoms. The van der Waals surface area contributed by atoms with Gasteiger partial charge in [-0.05, 0) is 31.2 Å². The number of anilines is 2. The number of hydrogen-bond acceptors (Lipinski definition) is 4. The molecule has 0 aromatic heterocycles. The van der Waals surface area contributed by atoms with Crippen LogP contribution in [0.25, 0.3) is 0 Å². The van der Waals surface area contributed by atoms with E-state index in [0.717, 1.165) is 12.1 Å². The lowest BCUT2D eigenvalue weighted by Gasteiger charge is -2.11. The molecule has 25 heavy (non-hydrogen) atoms. The van der Waals surface area contributed by atoms with Gasteiger partial charge in [0.15, 0.2) is 11.6 Å². The van der Waals surface area contributed by atoms with E-state index >= 15 is 0 Å².